The van der Waals surface area contributed by atoms with Gasteiger partial charge in [-0.25, -0.2) is 0 Å². The van der Waals surface area contributed by atoms with Crippen LogP contribution in [0.15, 0.2) is 36.7 Å². The monoisotopic (exact) mass is 260 g/mol. The normalized spacial score (nSPS) is 12.1. The van der Waals surface area contributed by atoms with E-state index >= 15 is 0 Å². The van der Waals surface area contributed by atoms with Crippen molar-refractivity contribution in [2.45, 2.75) is 26.4 Å². The molecule has 0 fully saturated rings. The molecule has 1 heterocycles. The van der Waals surface area contributed by atoms with Crippen molar-refractivity contribution in [3.63, 3.8) is 0 Å². The van der Waals surface area contributed by atoms with E-state index in [4.69, 9.17) is 0 Å². The van der Waals surface area contributed by atoms with Gasteiger partial charge in [0.15, 0.2) is 0 Å². The van der Waals surface area contributed by atoms with E-state index in [1.807, 2.05) is 26.1 Å². The van der Waals surface area contributed by atoms with Crippen molar-refractivity contribution in [2.75, 3.05) is 5.32 Å². The van der Waals surface area contributed by atoms with Crippen molar-refractivity contribution >= 4 is 11.4 Å². The van der Waals surface area contributed by atoms with E-state index in [1.165, 1.54) is 6.07 Å². The first-order valence-corrected chi connectivity index (χ1v) is 6.05. The Balaban J connectivity index is 2.13. The lowest BCUT2D eigenvalue weighted by molar-refractivity contribution is -0.384. The Kier molecular flexibility index (Phi) is 3.79. The molecule has 1 aromatic carbocycles. The maximum absolute atomic E-state index is 11.0. The summed E-state index contributed by atoms with van der Waals surface area (Å²) in [6, 6.07) is 6.94. The molecule has 1 unspecified atom stereocenters. The lowest BCUT2D eigenvalue weighted by atomic mass is 10.1. The molecule has 6 nitrogen and oxygen atoms in total. The van der Waals surface area contributed by atoms with Gasteiger partial charge in [-0.15, -0.1) is 0 Å². The molecule has 1 atom stereocenters. The second kappa shape index (κ2) is 5.51. The van der Waals surface area contributed by atoms with Crippen LogP contribution in [0.25, 0.3) is 0 Å². The number of nitro groups is 1. The Morgan fingerprint density at radius 3 is 2.95 bits per heavy atom. The van der Waals surface area contributed by atoms with Crippen LogP contribution >= 0.6 is 0 Å². The molecule has 0 radical (unpaired) electrons. The smallest absolute Gasteiger partial charge is 0.292 e. The highest BCUT2D eigenvalue weighted by molar-refractivity contribution is 5.63. The number of hydrogen-bond donors (Lipinski definition) is 1. The third kappa shape index (κ3) is 3.31. The van der Waals surface area contributed by atoms with Crippen molar-refractivity contribution in [1.29, 1.82) is 0 Å². The summed E-state index contributed by atoms with van der Waals surface area (Å²) in [5, 5.41) is 18.3. The van der Waals surface area contributed by atoms with E-state index in [0.717, 1.165) is 5.56 Å². The summed E-state index contributed by atoms with van der Waals surface area (Å²) >= 11 is 0. The van der Waals surface area contributed by atoms with Crippen LogP contribution in [-0.2, 0) is 6.54 Å². The lowest BCUT2D eigenvalue weighted by Gasteiger charge is -2.15. The summed E-state index contributed by atoms with van der Waals surface area (Å²) in [5.74, 6) is 0. The average Bonchev–Trinajstić information content (AvgIpc) is 2.81. The van der Waals surface area contributed by atoms with Crippen LogP contribution in [0, 0.1) is 17.0 Å². The average molecular weight is 260 g/mol. The summed E-state index contributed by atoms with van der Waals surface area (Å²) in [7, 11) is 0. The van der Waals surface area contributed by atoms with Gasteiger partial charge >= 0.3 is 0 Å². The first-order valence-electron chi connectivity index (χ1n) is 6.05. The number of nitrogens with zero attached hydrogens (tertiary/aromatic N) is 3. The van der Waals surface area contributed by atoms with Gasteiger partial charge < -0.3 is 5.32 Å². The summed E-state index contributed by atoms with van der Waals surface area (Å²) in [6.07, 6.45) is 3.57. The zero-order valence-electron chi connectivity index (χ0n) is 10.9. The fourth-order valence-corrected chi connectivity index (χ4v) is 1.92. The number of benzene rings is 1. The topological polar surface area (TPSA) is 73.0 Å². The van der Waals surface area contributed by atoms with Crippen molar-refractivity contribution in [2.24, 2.45) is 0 Å². The van der Waals surface area contributed by atoms with Crippen molar-refractivity contribution in [3.8, 4) is 0 Å². The van der Waals surface area contributed by atoms with Crippen LogP contribution in [0.3, 0.4) is 0 Å². The molecule has 2 aromatic rings. The quantitative estimate of drug-likeness (QED) is 0.662. The number of nitro benzene ring substituents is 1. The van der Waals surface area contributed by atoms with Gasteiger partial charge in [-0.2, -0.15) is 5.10 Å². The number of aryl methyl sites for hydroxylation is 1. The third-order valence-electron chi connectivity index (χ3n) is 2.77. The summed E-state index contributed by atoms with van der Waals surface area (Å²) in [6.45, 7) is 4.53. The number of rotatable bonds is 5. The molecule has 1 N–H and O–H groups in total. The molecule has 6 heteroatoms. The van der Waals surface area contributed by atoms with E-state index < -0.39 is 0 Å². The molecule has 0 bridgehead atoms. The Morgan fingerprint density at radius 1 is 1.53 bits per heavy atom. The van der Waals surface area contributed by atoms with E-state index in [0.29, 0.717) is 12.2 Å². The van der Waals surface area contributed by atoms with Crippen molar-refractivity contribution in [3.05, 3.63) is 52.3 Å². The van der Waals surface area contributed by atoms with Gasteiger partial charge in [0.2, 0.25) is 0 Å². The molecule has 1 aromatic heterocycles. The lowest BCUT2D eigenvalue weighted by Crippen LogP contribution is -2.22. The first-order chi connectivity index (χ1) is 9.06. The van der Waals surface area contributed by atoms with Gasteiger partial charge in [-0.3, -0.25) is 14.8 Å². The zero-order valence-corrected chi connectivity index (χ0v) is 10.9. The van der Waals surface area contributed by atoms with E-state index in [2.05, 4.69) is 10.4 Å². The maximum atomic E-state index is 11.0. The molecule has 0 spiro atoms. The predicted molar refractivity (Wildman–Crippen MR) is 73.1 cm³/mol. The molecule has 2 rings (SSSR count). The third-order valence-corrected chi connectivity index (χ3v) is 2.77. The zero-order chi connectivity index (χ0) is 13.8. The first kappa shape index (κ1) is 13.1. The van der Waals surface area contributed by atoms with Gasteiger partial charge in [-0.05, 0) is 31.5 Å². The number of anilines is 1. The summed E-state index contributed by atoms with van der Waals surface area (Å²) in [5.41, 5.74) is 1.63. The molecular weight excluding hydrogens is 244 g/mol. The molecule has 0 amide bonds. The van der Waals surface area contributed by atoms with Crippen LogP contribution in [0.4, 0.5) is 11.4 Å². The molecule has 0 saturated carbocycles. The highest BCUT2D eigenvalue weighted by Crippen LogP contribution is 2.25. The summed E-state index contributed by atoms with van der Waals surface area (Å²) in [4.78, 5) is 10.6. The molecular formula is C13H16N4O2. The number of aromatic nitrogens is 2. The molecule has 0 saturated heterocycles. The van der Waals surface area contributed by atoms with Crippen molar-refractivity contribution < 1.29 is 4.92 Å². The Labute approximate surface area is 111 Å². The van der Waals surface area contributed by atoms with E-state index in [1.54, 1.807) is 23.0 Å². The van der Waals surface area contributed by atoms with Gasteiger partial charge in [0.05, 0.1) is 11.5 Å². The molecule has 0 aliphatic heterocycles. The van der Waals surface area contributed by atoms with Gasteiger partial charge in [0.25, 0.3) is 5.69 Å². The minimum absolute atomic E-state index is 0.0420. The van der Waals surface area contributed by atoms with Crippen LogP contribution < -0.4 is 5.32 Å². The highest BCUT2D eigenvalue weighted by Gasteiger charge is 2.15. The molecule has 19 heavy (non-hydrogen) atoms. The van der Waals surface area contributed by atoms with Crippen LogP contribution in [0.5, 0.6) is 0 Å². The fourth-order valence-electron chi connectivity index (χ4n) is 1.92. The predicted octanol–water partition coefficient (Wildman–Crippen LogP) is 2.60. The SMILES string of the molecule is Cc1ccc([N+](=O)[O-])c(NC(C)Cn2cccn2)c1. The second-order valence-electron chi connectivity index (χ2n) is 4.55. The highest BCUT2D eigenvalue weighted by atomic mass is 16.6. The van der Waals surface area contributed by atoms with Crippen LogP contribution in [-0.4, -0.2) is 20.7 Å². The van der Waals surface area contributed by atoms with Crippen LogP contribution in [0.2, 0.25) is 0 Å². The Morgan fingerprint density at radius 2 is 2.32 bits per heavy atom. The number of hydrogen-bond acceptors (Lipinski definition) is 4. The molecule has 0 aliphatic rings. The summed E-state index contributed by atoms with van der Waals surface area (Å²) < 4.78 is 1.79. The van der Waals surface area contributed by atoms with Gasteiger partial charge in [0, 0.05) is 24.5 Å². The molecule has 0 aliphatic carbocycles. The second-order valence-corrected chi connectivity index (χ2v) is 4.55. The maximum Gasteiger partial charge on any atom is 0.292 e. The fraction of sp³-hybridized carbons (Fsp3) is 0.308. The standard InChI is InChI=1S/C13H16N4O2/c1-10-4-5-13(17(18)19)12(8-10)15-11(2)9-16-7-3-6-14-16/h3-8,11,15H,9H2,1-2H3. The van der Waals surface area contributed by atoms with Gasteiger partial charge in [0.1, 0.15) is 5.69 Å². The Hall–Kier alpha value is -2.37. The van der Waals surface area contributed by atoms with E-state index in [-0.39, 0.29) is 16.7 Å². The number of nitrogens with one attached hydrogen (secondary N) is 1. The minimum Gasteiger partial charge on any atom is -0.375 e. The van der Waals surface area contributed by atoms with E-state index in [9.17, 15) is 10.1 Å². The molecule has 100 valence electrons. The largest absolute Gasteiger partial charge is 0.375 e. The minimum atomic E-state index is -0.373. The van der Waals surface area contributed by atoms with Crippen molar-refractivity contribution in [1.82, 2.24) is 9.78 Å². The van der Waals surface area contributed by atoms with Gasteiger partial charge in [-0.1, -0.05) is 6.07 Å². The van der Waals surface area contributed by atoms with Crippen LogP contribution in [0.1, 0.15) is 12.5 Å². The Bertz CT molecular complexity index is 566.